The van der Waals surface area contributed by atoms with Crippen molar-refractivity contribution < 1.29 is 4.74 Å². The van der Waals surface area contributed by atoms with E-state index in [1.54, 1.807) is 7.11 Å². The topological polar surface area (TPSA) is 24.5 Å². The molecule has 0 saturated heterocycles. The summed E-state index contributed by atoms with van der Waals surface area (Å²) < 4.78 is 5.39. The van der Waals surface area contributed by atoms with Crippen molar-refractivity contribution in [1.82, 2.24) is 10.2 Å². The normalized spacial score (nSPS) is 16.9. The molecule has 1 aliphatic carbocycles. The number of rotatable bonds is 7. The van der Waals surface area contributed by atoms with Crippen molar-refractivity contribution in [1.29, 1.82) is 0 Å². The second-order valence-corrected chi connectivity index (χ2v) is 5.13. The Bertz CT molecular complexity index is 377. The van der Waals surface area contributed by atoms with Crippen molar-refractivity contribution in [2.75, 3.05) is 27.2 Å². The smallest absolute Gasteiger partial charge is 0.123 e. The molecule has 1 aromatic rings. The van der Waals surface area contributed by atoms with Gasteiger partial charge in [-0.3, -0.25) is 0 Å². The van der Waals surface area contributed by atoms with Gasteiger partial charge in [0.25, 0.3) is 0 Å². The van der Waals surface area contributed by atoms with Crippen molar-refractivity contribution in [3.63, 3.8) is 0 Å². The highest BCUT2D eigenvalue weighted by Crippen LogP contribution is 2.25. The fraction of sp³-hybridized carbons (Fsp3) is 0.600. The average Bonchev–Trinajstić information content (AvgIpc) is 3.22. The number of benzene rings is 1. The van der Waals surface area contributed by atoms with E-state index in [1.807, 2.05) is 12.1 Å². The molecule has 0 aliphatic heterocycles. The average molecular weight is 248 g/mol. The standard InChI is InChI=1S/C15H24N2O/c1-12(14-6-4-5-7-15(14)18-3)16-10-11-17(2)13-8-9-13/h4-7,12-13,16H,8-11H2,1-3H3. The number of nitrogens with zero attached hydrogens (tertiary/aromatic N) is 1. The number of nitrogens with one attached hydrogen (secondary N) is 1. The molecule has 1 fully saturated rings. The third-order valence-corrected chi connectivity index (χ3v) is 3.69. The van der Waals surface area contributed by atoms with Crippen LogP contribution in [0, 0.1) is 0 Å². The molecule has 0 amide bonds. The van der Waals surface area contributed by atoms with E-state index in [9.17, 15) is 0 Å². The Balaban J connectivity index is 1.81. The van der Waals surface area contributed by atoms with Crippen molar-refractivity contribution in [3.05, 3.63) is 29.8 Å². The van der Waals surface area contributed by atoms with Crippen LogP contribution in [0.4, 0.5) is 0 Å². The number of hydrogen-bond acceptors (Lipinski definition) is 3. The van der Waals surface area contributed by atoms with Crippen LogP contribution in [0.2, 0.25) is 0 Å². The second-order valence-electron chi connectivity index (χ2n) is 5.13. The number of likely N-dealkylation sites (N-methyl/N-ethyl adjacent to an activating group) is 1. The zero-order chi connectivity index (χ0) is 13.0. The van der Waals surface area contributed by atoms with E-state index in [2.05, 4.69) is 36.3 Å². The molecule has 1 saturated carbocycles. The maximum atomic E-state index is 5.39. The first-order valence-corrected chi connectivity index (χ1v) is 6.79. The molecule has 0 spiro atoms. The van der Waals surface area contributed by atoms with Crippen molar-refractivity contribution in [2.24, 2.45) is 0 Å². The summed E-state index contributed by atoms with van der Waals surface area (Å²) in [5.74, 6) is 0.966. The Kier molecular flexibility index (Phi) is 4.61. The molecule has 1 atom stereocenters. The van der Waals surface area contributed by atoms with Crippen LogP contribution in [-0.2, 0) is 0 Å². The molecule has 100 valence electrons. The molecule has 2 rings (SSSR count). The van der Waals surface area contributed by atoms with Gasteiger partial charge in [0.1, 0.15) is 5.75 Å². The molecule has 18 heavy (non-hydrogen) atoms. The van der Waals surface area contributed by atoms with Gasteiger partial charge in [0, 0.05) is 30.7 Å². The molecule has 0 radical (unpaired) electrons. The molecule has 1 N–H and O–H groups in total. The summed E-state index contributed by atoms with van der Waals surface area (Å²) in [6.07, 6.45) is 2.75. The van der Waals surface area contributed by atoms with E-state index in [0.29, 0.717) is 6.04 Å². The Labute approximate surface area is 110 Å². The Morgan fingerprint density at radius 3 is 2.78 bits per heavy atom. The van der Waals surface area contributed by atoms with Gasteiger partial charge in [-0.2, -0.15) is 0 Å². The van der Waals surface area contributed by atoms with E-state index in [4.69, 9.17) is 4.74 Å². The van der Waals surface area contributed by atoms with Gasteiger partial charge in [0.15, 0.2) is 0 Å². The summed E-state index contributed by atoms with van der Waals surface area (Å²) in [4.78, 5) is 2.45. The quantitative estimate of drug-likeness (QED) is 0.802. The van der Waals surface area contributed by atoms with Crippen LogP contribution in [0.1, 0.15) is 31.4 Å². The minimum atomic E-state index is 0.328. The Morgan fingerprint density at radius 1 is 1.39 bits per heavy atom. The second kappa shape index (κ2) is 6.21. The minimum Gasteiger partial charge on any atom is -0.496 e. The number of para-hydroxylation sites is 1. The van der Waals surface area contributed by atoms with Crippen molar-refractivity contribution in [3.8, 4) is 5.75 Å². The molecular formula is C15H24N2O. The van der Waals surface area contributed by atoms with Gasteiger partial charge in [0.2, 0.25) is 0 Å². The molecule has 0 aromatic heterocycles. The van der Waals surface area contributed by atoms with Crippen LogP contribution in [0.3, 0.4) is 0 Å². The summed E-state index contributed by atoms with van der Waals surface area (Å²) in [5, 5.41) is 3.57. The largest absolute Gasteiger partial charge is 0.496 e. The Hall–Kier alpha value is -1.06. The lowest BCUT2D eigenvalue weighted by molar-refractivity contribution is 0.315. The molecule has 1 aliphatic rings. The van der Waals surface area contributed by atoms with Gasteiger partial charge in [0.05, 0.1) is 7.11 Å². The van der Waals surface area contributed by atoms with Crippen LogP contribution in [0.25, 0.3) is 0 Å². The fourth-order valence-corrected chi connectivity index (χ4v) is 2.29. The van der Waals surface area contributed by atoms with E-state index >= 15 is 0 Å². The summed E-state index contributed by atoms with van der Waals surface area (Å²) in [7, 11) is 3.94. The first-order chi connectivity index (χ1) is 8.72. The van der Waals surface area contributed by atoms with Crippen LogP contribution < -0.4 is 10.1 Å². The maximum Gasteiger partial charge on any atom is 0.123 e. The first-order valence-electron chi connectivity index (χ1n) is 6.79. The molecule has 0 heterocycles. The summed E-state index contributed by atoms with van der Waals surface area (Å²) >= 11 is 0. The van der Waals surface area contributed by atoms with Crippen LogP contribution >= 0.6 is 0 Å². The van der Waals surface area contributed by atoms with Crippen molar-refractivity contribution >= 4 is 0 Å². The lowest BCUT2D eigenvalue weighted by atomic mass is 10.1. The third kappa shape index (κ3) is 3.47. The van der Waals surface area contributed by atoms with Gasteiger partial charge >= 0.3 is 0 Å². The lowest BCUT2D eigenvalue weighted by Gasteiger charge is -2.20. The van der Waals surface area contributed by atoms with Gasteiger partial charge in [-0.05, 0) is 32.9 Å². The van der Waals surface area contributed by atoms with E-state index in [-0.39, 0.29) is 0 Å². The highest BCUT2D eigenvalue weighted by Gasteiger charge is 2.25. The zero-order valence-electron chi connectivity index (χ0n) is 11.6. The highest BCUT2D eigenvalue weighted by molar-refractivity contribution is 5.35. The van der Waals surface area contributed by atoms with E-state index < -0.39 is 0 Å². The van der Waals surface area contributed by atoms with Gasteiger partial charge in [-0.15, -0.1) is 0 Å². The fourth-order valence-electron chi connectivity index (χ4n) is 2.29. The Morgan fingerprint density at radius 2 is 2.11 bits per heavy atom. The third-order valence-electron chi connectivity index (χ3n) is 3.69. The monoisotopic (exact) mass is 248 g/mol. The molecule has 1 unspecified atom stereocenters. The molecule has 0 bridgehead atoms. The van der Waals surface area contributed by atoms with Gasteiger partial charge in [-0.1, -0.05) is 18.2 Å². The summed E-state index contributed by atoms with van der Waals surface area (Å²) in [6, 6.07) is 9.38. The molecule has 3 heteroatoms. The van der Waals surface area contributed by atoms with E-state index in [0.717, 1.165) is 24.9 Å². The van der Waals surface area contributed by atoms with Crippen LogP contribution in [0.5, 0.6) is 5.75 Å². The minimum absolute atomic E-state index is 0.328. The van der Waals surface area contributed by atoms with Crippen LogP contribution in [0.15, 0.2) is 24.3 Å². The summed E-state index contributed by atoms with van der Waals surface area (Å²) in [5.41, 5.74) is 1.23. The lowest BCUT2D eigenvalue weighted by Crippen LogP contribution is -2.32. The molecular weight excluding hydrogens is 224 g/mol. The highest BCUT2D eigenvalue weighted by atomic mass is 16.5. The van der Waals surface area contributed by atoms with Crippen molar-refractivity contribution in [2.45, 2.75) is 31.8 Å². The first kappa shape index (κ1) is 13.4. The van der Waals surface area contributed by atoms with Gasteiger partial charge < -0.3 is 15.0 Å². The number of ether oxygens (including phenoxy) is 1. The summed E-state index contributed by atoms with van der Waals surface area (Å²) in [6.45, 7) is 4.32. The predicted octanol–water partition coefficient (Wildman–Crippen LogP) is 2.44. The number of methoxy groups -OCH3 is 1. The molecule has 1 aromatic carbocycles. The van der Waals surface area contributed by atoms with Gasteiger partial charge in [-0.25, -0.2) is 0 Å². The maximum absolute atomic E-state index is 5.39. The number of hydrogen-bond donors (Lipinski definition) is 1. The predicted molar refractivity (Wildman–Crippen MR) is 75.1 cm³/mol. The molecule has 3 nitrogen and oxygen atoms in total. The SMILES string of the molecule is COc1ccccc1C(C)NCCN(C)C1CC1. The van der Waals surface area contributed by atoms with Crippen LogP contribution in [-0.4, -0.2) is 38.2 Å². The van der Waals surface area contributed by atoms with E-state index in [1.165, 1.54) is 18.4 Å². The zero-order valence-corrected chi connectivity index (χ0v) is 11.6.